The van der Waals surface area contributed by atoms with E-state index in [-0.39, 0.29) is 0 Å². The highest BCUT2D eigenvalue weighted by molar-refractivity contribution is 6.17. The molecule has 81 heavy (non-hydrogen) atoms. The number of furan rings is 1. The summed E-state index contributed by atoms with van der Waals surface area (Å²) in [5.74, 6) is 1.79. The summed E-state index contributed by atoms with van der Waals surface area (Å²) in [5, 5.41) is 4.88. The van der Waals surface area contributed by atoms with Gasteiger partial charge in [0.1, 0.15) is 11.2 Å². The smallest absolute Gasteiger partial charge is 0.164 e. The minimum Gasteiger partial charge on any atom is -0.456 e. The Kier molecular flexibility index (Phi) is 11.0. The molecule has 0 spiro atoms. The molecular formula is C76H50N4O. The van der Waals surface area contributed by atoms with E-state index >= 15 is 0 Å². The van der Waals surface area contributed by atoms with Crippen molar-refractivity contribution in [1.29, 1.82) is 0 Å². The van der Waals surface area contributed by atoms with Crippen LogP contribution in [0.25, 0.3) is 145 Å². The molecule has 0 unspecified atom stereocenters. The molecule has 0 aliphatic heterocycles. The number of aromatic nitrogens is 4. The minimum absolute atomic E-state index is 0.592. The zero-order valence-electron chi connectivity index (χ0n) is 44.2. The second-order valence-corrected chi connectivity index (χ2v) is 21.3. The van der Waals surface area contributed by atoms with Crippen LogP contribution in [0.3, 0.4) is 0 Å². The second kappa shape index (κ2) is 19.2. The van der Waals surface area contributed by atoms with Gasteiger partial charge in [0.05, 0.1) is 16.7 Å². The maximum absolute atomic E-state index is 6.46. The van der Waals surface area contributed by atoms with Crippen molar-refractivity contribution in [1.82, 2.24) is 19.5 Å². The topological polar surface area (TPSA) is 56.7 Å². The van der Waals surface area contributed by atoms with Crippen molar-refractivity contribution in [3.05, 3.63) is 284 Å². The first-order valence-electron chi connectivity index (χ1n) is 27.9. The third kappa shape index (κ3) is 7.96. The van der Waals surface area contributed by atoms with Gasteiger partial charge in [-0.25, -0.2) is 15.0 Å². The predicted octanol–water partition coefficient (Wildman–Crippen LogP) is 19.8. The normalized spacial score (nSPS) is 12.8. The third-order valence-corrected chi connectivity index (χ3v) is 16.5. The van der Waals surface area contributed by atoms with Crippen molar-refractivity contribution in [2.75, 3.05) is 0 Å². The lowest BCUT2D eigenvalue weighted by Crippen LogP contribution is -2.06. The lowest BCUT2D eigenvalue weighted by atomic mass is 9.90. The molecule has 0 atom stereocenters. The standard InChI is InChI=1S/C76H50N4O/c1-6-20-48(21-7-1)51-34-36-54(37-35-51)74-77-75(57-43-55(49-22-8-2-9-23-49)42-56(44-57)50-24-10-3-11-25-50)79-76(78-74)58-45-63(52-26-12-4-13-27-52)73(64(46-58)53-28-14-5-15-29-53)80-67-32-18-16-30-61(67)71-65-47-66-60(59(65)38-40-68(71)80)39-41-70-72(66)62-31-17-19-33-69(62)81-70/h1-4,6-14,16-46H,5,15,47H2. The highest BCUT2D eigenvalue weighted by Gasteiger charge is 2.30. The van der Waals surface area contributed by atoms with E-state index in [1.165, 1.54) is 43.9 Å². The summed E-state index contributed by atoms with van der Waals surface area (Å²) in [4.78, 5) is 16.5. The van der Waals surface area contributed by atoms with E-state index in [4.69, 9.17) is 19.4 Å². The first-order valence-corrected chi connectivity index (χ1v) is 27.9. The number of allylic oxidation sites excluding steroid dienone is 4. The van der Waals surface area contributed by atoms with E-state index in [0.29, 0.717) is 17.5 Å². The fourth-order valence-corrected chi connectivity index (χ4v) is 12.7. The Labute approximate surface area is 469 Å². The van der Waals surface area contributed by atoms with Crippen molar-refractivity contribution in [2.24, 2.45) is 0 Å². The van der Waals surface area contributed by atoms with Gasteiger partial charge in [0.2, 0.25) is 0 Å². The van der Waals surface area contributed by atoms with Gasteiger partial charge in [-0.2, -0.15) is 0 Å². The number of rotatable bonds is 9. The Morgan fingerprint density at radius 2 is 0.840 bits per heavy atom. The summed E-state index contributed by atoms with van der Waals surface area (Å²) < 4.78 is 9.00. The first kappa shape index (κ1) is 46.6. The molecule has 3 heterocycles. The van der Waals surface area contributed by atoms with Crippen LogP contribution in [0, 0.1) is 0 Å². The number of hydrogen-bond donors (Lipinski definition) is 0. The van der Waals surface area contributed by atoms with Crippen LogP contribution in [0.4, 0.5) is 0 Å². The molecule has 16 rings (SSSR count). The van der Waals surface area contributed by atoms with Gasteiger partial charge >= 0.3 is 0 Å². The van der Waals surface area contributed by atoms with Crippen LogP contribution < -0.4 is 0 Å². The van der Waals surface area contributed by atoms with Gasteiger partial charge < -0.3 is 8.98 Å². The van der Waals surface area contributed by atoms with Gasteiger partial charge in [0.25, 0.3) is 0 Å². The van der Waals surface area contributed by atoms with Crippen molar-refractivity contribution in [3.63, 3.8) is 0 Å². The zero-order chi connectivity index (χ0) is 53.4. The minimum atomic E-state index is 0.592. The Balaban J connectivity index is 0.945. The average Bonchev–Trinajstić information content (AvgIpc) is 4.35. The molecule has 380 valence electrons. The van der Waals surface area contributed by atoms with Gasteiger partial charge in [-0.15, -0.1) is 0 Å². The quantitative estimate of drug-likeness (QED) is 0.145. The molecule has 0 radical (unpaired) electrons. The monoisotopic (exact) mass is 1030 g/mol. The Hall–Kier alpha value is -10.5. The number of nitrogens with zero attached hydrogens (tertiary/aromatic N) is 4. The maximum atomic E-state index is 6.46. The van der Waals surface area contributed by atoms with Crippen molar-refractivity contribution >= 4 is 49.3 Å². The van der Waals surface area contributed by atoms with Crippen molar-refractivity contribution in [3.8, 4) is 95.5 Å². The first-order chi connectivity index (χ1) is 40.1. The fraction of sp³-hybridized carbons (Fsp3) is 0.0395. The van der Waals surface area contributed by atoms with Gasteiger partial charge in [0, 0.05) is 55.8 Å². The van der Waals surface area contributed by atoms with Crippen LogP contribution in [0.5, 0.6) is 0 Å². The molecule has 0 saturated carbocycles. The molecule has 0 saturated heterocycles. The van der Waals surface area contributed by atoms with Gasteiger partial charge in [0.15, 0.2) is 17.5 Å². The van der Waals surface area contributed by atoms with Crippen molar-refractivity contribution in [2.45, 2.75) is 19.3 Å². The van der Waals surface area contributed by atoms with Crippen LogP contribution in [0.2, 0.25) is 0 Å². The van der Waals surface area contributed by atoms with E-state index in [9.17, 15) is 0 Å². The molecule has 0 N–H and O–H groups in total. The van der Waals surface area contributed by atoms with Crippen LogP contribution in [0.1, 0.15) is 29.5 Å². The number of fused-ring (bicyclic) bond motifs is 11. The molecule has 0 amide bonds. The molecule has 11 aromatic carbocycles. The van der Waals surface area contributed by atoms with Gasteiger partial charge in [-0.1, -0.05) is 212 Å². The predicted molar refractivity (Wildman–Crippen MR) is 334 cm³/mol. The Morgan fingerprint density at radius 1 is 0.333 bits per heavy atom. The van der Waals surface area contributed by atoms with E-state index in [1.807, 2.05) is 0 Å². The molecule has 3 aromatic heterocycles. The summed E-state index contributed by atoms with van der Waals surface area (Å²) in [6.07, 6.45) is 9.75. The summed E-state index contributed by atoms with van der Waals surface area (Å²) in [7, 11) is 0. The van der Waals surface area contributed by atoms with Crippen LogP contribution in [0.15, 0.2) is 271 Å². The summed E-state index contributed by atoms with van der Waals surface area (Å²) in [6, 6.07) is 89.1. The average molecular weight is 1040 g/mol. The van der Waals surface area contributed by atoms with Gasteiger partial charge in [-0.3, -0.25) is 0 Å². The highest BCUT2D eigenvalue weighted by atomic mass is 16.3. The molecule has 5 heteroatoms. The van der Waals surface area contributed by atoms with Crippen LogP contribution in [-0.2, 0) is 6.42 Å². The molecular weight excluding hydrogens is 985 g/mol. The molecule has 14 aromatic rings. The van der Waals surface area contributed by atoms with E-state index in [1.54, 1.807) is 0 Å². The fourth-order valence-electron chi connectivity index (χ4n) is 12.7. The largest absolute Gasteiger partial charge is 0.456 e. The number of hydrogen-bond acceptors (Lipinski definition) is 4. The summed E-state index contributed by atoms with van der Waals surface area (Å²) in [5.41, 5.74) is 24.4. The number of para-hydroxylation sites is 2. The van der Waals surface area contributed by atoms with Gasteiger partial charge in [-0.05, 0) is 134 Å². The molecule has 0 bridgehead atoms. The molecule has 2 aliphatic rings. The number of benzene rings is 11. The Morgan fingerprint density at radius 3 is 1.49 bits per heavy atom. The van der Waals surface area contributed by atoms with Crippen LogP contribution >= 0.6 is 0 Å². The Bertz CT molecular complexity index is 4800. The SMILES string of the molecule is C1=CC(c2cc(-c3nc(-c4ccc(-c5ccccc5)cc4)nc(-c4cc(-c5ccccc5)cc(-c5ccccc5)c4)n3)cc(-c3ccccc3)c2-n2c3ccccc3c3c4c(ccc32)-c2ccc3oc5ccccc5c3c2C4)=CCC1. The highest BCUT2D eigenvalue weighted by Crippen LogP contribution is 2.50. The summed E-state index contributed by atoms with van der Waals surface area (Å²) >= 11 is 0. The molecule has 2 aliphatic carbocycles. The van der Waals surface area contributed by atoms with Crippen LogP contribution in [-0.4, -0.2) is 19.5 Å². The molecule has 0 fully saturated rings. The van der Waals surface area contributed by atoms with E-state index in [2.05, 4.69) is 272 Å². The van der Waals surface area contributed by atoms with E-state index in [0.717, 1.165) is 119 Å². The summed E-state index contributed by atoms with van der Waals surface area (Å²) in [6.45, 7) is 0. The lowest BCUT2D eigenvalue weighted by Gasteiger charge is -2.22. The van der Waals surface area contributed by atoms with Crippen molar-refractivity contribution < 1.29 is 4.42 Å². The second-order valence-electron chi connectivity index (χ2n) is 21.3. The molecule has 5 nitrogen and oxygen atoms in total. The van der Waals surface area contributed by atoms with E-state index < -0.39 is 0 Å². The lowest BCUT2D eigenvalue weighted by molar-refractivity contribution is 0.669. The zero-order valence-corrected chi connectivity index (χ0v) is 44.2. The maximum Gasteiger partial charge on any atom is 0.164 e. The third-order valence-electron chi connectivity index (χ3n) is 16.5.